The monoisotopic (exact) mass is 362 g/mol. The van der Waals surface area contributed by atoms with Crippen molar-refractivity contribution in [3.63, 3.8) is 0 Å². The van der Waals surface area contributed by atoms with Gasteiger partial charge in [-0.1, -0.05) is 35.3 Å². The van der Waals surface area contributed by atoms with Crippen LogP contribution in [-0.4, -0.2) is 17.5 Å². The molecule has 0 radical (unpaired) electrons. The minimum absolute atomic E-state index is 0.269. The van der Waals surface area contributed by atoms with E-state index in [1.54, 1.807) is 18.2 Å². The third kappa shape index (κ3) is 3.50. The van der Waals surface area contributed by atoms with Crippen LogP contribution in [0.4, 0.5) is 0 Å². The van der Waals surface area contributed by atoms with E-state index in [1.165, 1.54) is 0 Å². The number of halogens is 2. The maximum absolute atomic E-state index is 12.4. The Morgan fingerprint density at radius 3 is 2.83 bits per heavy atom. The maximum atomic E-state index is 12.4. The molecule has 2 N–H and O–H groups in total. The van der Waals surface area contributed by atoms with Crippen LogP contribution in [0.15, 0.2) is 42.5 Å². The summed E-state index contributed by atoms with van der Waals surface area (Å²) in [6, 6.07) is 12.9. The molecule has 0 fully saturated rings. The first-order valence-electron chi connectivity index (χ1n) is 7.55. The number of benzene rings is 2. The van der Waals surface area contributed by atoms with E-state index in [-0.39, 0.29) is 5.91 Å². The van der Waals surface area contributed by atoms with Crippen molar-refractivity contribution < 1.29 is 9.53 Å². The SMILES string of the molecule is CCOc1cccc(CNC(=O)c2[nH]c3ccc(Cl)cc3c2Cl)c1. The molecule has 0 aliphatic carbocycles. The molecule has 0 aliphatic heterocycles. The first-order valence-corrected chi connectivity index (χ1v) is 8.30. The second-order valence-electron chi connectivity index (χ2n) is 5.27. The molecule has 1 heterocycles. The summed E-state index contributed by atoms with van der Waals surface area (Å²) in [5.41, 5.74) is 2.05. The fourth-order valence-electron chi connectivity index (χ4n) is 2.47. The Bertz CT molecular complexity index is 890. The number of carbonyl (C=O) groups is 1. The van der Waals surface area contributed by atoms with Gasteiger partial charge in [-0.25, -0.2) is 0 Å². The topological polar surface area (TPSA) is 54.1 Å². The van der Waals surface area contributed by atoms with Crippen molar-refractivity contribution in [3.8, 4) is 5.75 Å². The molecule has 124 valence electrons. The summed E-state index contributed by atoms with van der Waals surface area (Å²) in [6.07, 6.45) is 0. The maximum Gasteiger partial charge on any atom is 0.269 e. The Labute approximate surface area is 149 Å². The summed E-state index contributed by atoms with van der Waals surface area (Å²) >= 11 is 12.3. The molecule has 0 spiro atoms. The number of ether oxygens (including phenoxy) is 1. The van der Waals surface area contributed by atoms with Gasteiger partial charge in [-0.2, -0.15) is 0 Å². The van der Waals surface area contributed by atoms with E-state index in [2.05, 4.69) is 10.3 Å². The molecule has 3 aromatic rings. The number of H-pyrrole nitrogens is 1. The third-order valence-corrected chi connectivity index (χ3v) is 4.21. The number of hydrogen-bond donors (Lipinski definition) is 2. The predicted molar refractivity (Wildman–Crippen MR) is 97.1 cm³/mol. The zero-order chi connectivity index (χ0) is 17.1. The highest BCUT2D eigenvalue weighted by atomic mass is 35.5. The zero-order valence-corrected chi connectivity index (χ0v) is 14.5. The van der Waals surface area contributed by atoms with Gasteiger partial charge in [-0.05, 0) is 42.8 Å². The molecule has 6 heteroatoms. The molecule has 24 heavy (non-hydrogen) atoms. The van der Waals surface area contributed by atoms with Gasteiger partial charge >= 0.3 is 0 Å². The van der Waals surface area contributed by atoms with Crippen LogP contribution in [0.5, 0.6) is 5.75 Å². The Balaban J connectivity index is 1.76. The molecule has 0 saturated carbocycles. The summed E-state index contributed by atoms with van der Waals surface area (Å²) in [7, 11) is 0. The van der Waals surface area contributed by atoms with Crippen LogP contribution < -0.4 is 10.1 Å². The Kier molecular flexibility index (Phi) is 4.97. The molecule has 1 aromatic heterocycles. The molecule has 0 saturated heterocycles. The summed E-state index contributed by atoms with van der Waals surface area (Å²) in [5.74, 6) is 0.511. The van der Waals surface area contributed by atoms with E-state index in [1.807, 2.05) is 31.2 Å². The van der Waals surface area contributed by atoms with Crippen LogP contribution in [-0.2, 0) is 6.54 Å². The minimum atomic E-state index is -0.269. The Hall–Kier alpha value is -2.17. The normalized spacial score (nSPS) is 10.8. The van der Waals surface area contributed by atoms with Crippen LogP contribution in [0.1, 0.15) is 23.0 Å². The van der Waals surface area contributed by atoms with Gasteiger partial charge in [0.2, 0.25) is 0 Å². The van der Waals surface area contributed by atoms with Crippen LogP contribution in [0, 0.1) is 0 Å². The number of nitrogens with one attached hydrogen (secondary N) is 2. The minimum Gasteiger partial charge on any atom is -0.494 e. The molecule has 0 unspecified atom stereocenters. The predicted octanol–water partition coefficient (Wildman–Crippen LogP) is 4.80. The third-order valence-electron chi connectivity index (χ3n) is 3.59. The summed E-state index contributed by atoms with van der Waals surface area (Å²) < 4.78 is 5.46. The number of hydrogen-bond acceptors (Lipinski definition) is 2. The molecule has 1 amide bonds. The standard InChI is InChI=1S/C18H16Cl2N2O2/c1-2-24-13-5-3-4-11(8-13)10-21-18(23)17-16(20)14-9-12(19)6-7-15(14)22-17/h3-9,22H,2,10H2,1H3,(H,21,23). The smallest absolute Gasteiger partial charge is 0.269 e. The van der Waals surface area contributed by atoms with Crippen molar-refractivity contribution in [1.29, 1.82) is 0 Å². The number of carbonyl (C=O) groups excluding carboxylic acids is 1. The Morgan fingerprint density at radius 1 is 1.21 bits per heavy atom. The Morgan fingerprint density at radius 2 is 2.04 bits per heavy atom. The first kappa shape index (κ1) is 16.7. The lowest BCUT2D eigenvalue weighted by Gasteiger charge is -2.07. The number of aromatic nitrogens is 1. The molecule has 0 bridgehead atoms. The lowest BCUT2D eigenvalue weighted by atomic mass is 10.2. The van der Waals surface area contributed by atoms with Gasteiger partial charge in [0.15, 0.2) is 0 Å². The van der Waals surface area contributed by atoms with Crippen molar-refractivity contribution in [2.75, 3.05) is 6.61 Å². The van der Waals surface area contributed by atoms with Gasteiger partial charge < -0.3 is 15.0 Å². The largest absolute Gasteiger partial charge is 0.494 e. The molecule has 0 aliphatic rings. The summed E-state index contributed by atoms with van der Waals surface area (Å²) in [4.78, 5) is 15.4. The summed E-state index contributed by atoms with van der Waals surface area (Å²) in [5, 5.41) is 4.53. The fraction of sp³-hybridized carbons (Fsp3) is 0.167. The van der Waals surface area contributed by atoms with E-state index in [0.717, 1.165) is 22.2 Å². The fourth-order valence-corrected chi connectivity index (χ4v) is 2.93. The van der Waals surface area contributed by atoms with Gasteiger partial charge in [0, 0.05) is 22.5 Å². The van der Waals surface area contributed by atoms with Gasteiger partial charge in [0.05, 0.1) is 11.6 Å². The van der Waals surface area contributed by atoms with E-state index < -0.39 is 0 Å². The highest BCUT2D eigenvalue weighted by Gasteiger charge is 2.16. The lowest BCUT2D eigenvalue weighted by Crippen LogP contribution is -2.23. The molecular formula is C18H16Cl2N2O2. The highest BCUT2D eigenvalue weighted by molar-refractivity contribution is 6.39. The van der Waals surface area contributed by atoms with Crippen LogP contribution in [0.2, 0.25) is 10.0 Å². The van der Waals surface area contributed by atoms with Crippen molar-refractivity contribution in [2.24, 2.45) is 0 Å². The average molecular weight is 363 g/mol. The second kappa shape index (κ2) is 7.16. The number of rotatable bonds is 5. The molecule has 2 aromatic carbocycles. The van der Waals surface area contributed by atoms with Crippen molar-refractivity contribution in [1.82, 2.24) is 10.3 Å². The first-order chi connectivity index (χ1) is 11.6. The number of aromatic amines is 1. The second-order valence-corrected chi connectivity index (χ2v) is 6.08. The van der Waals surface area contributed by atoms with E-state index >= 15 is 0 Å². The van der Waals surface area contributed by atoms with Crippen LogP contribution in [0.25, 0.3) is 10.9 Å². The quantitative estimate of drug-likeness (QED) is 0.684. The van der Waals surface area contributed by atoms with E-state index in [4.69, 9.17) is 27.9 Å². The van der Waals surface area contributed by atoms with Crippen molar-refractivity contribution >= 4 is 40.0 Å². The molecule has 0 atom stereocenters. The van der Waals surface area contributed by atoms with Gasteiger partial charge in [0.25, 0.3) is 5.91 Å². The summed E-state index contributed by atoms with van der Waals surface area (Å²) in [6.45, 7) is 2.91. The average Bonchev–Trinajstić information content (AvgIpc) is 2.90. The van der Waals surface area contributed by atoms with Gasteiger partial charge in [-0.3, -0.25) is 4.79 Å². The van der Waals surface area contributed by atoms with E-state index in [0.29, 0.717) is 28.9 Å². The van der Waals surface area contributed by atoms with Crippen molar-refractivity contribution in [3.05, 3.63) is 63.8 Å². The highest BCUT2D eigenvalue weighted by Crippen LogP contribution is 2.29. The molecule has 4 nitrogen and oxygen atoms in total. The van der Waals surface area contributed by atoms with Gasteiger partial charge in [-0.15, -0.1) is 0 Å². The molecular weight excluding hydrogens is 347 g/mol. The van der Waals surface area contributed by atoms with Crippen molar-refractivity contribution in [2.45, 2.75) is 13.5 Å². The number of amides is 1. The van der Waals surface area contributed by atoms with Crippen LogP contribution >= 0.6 is 23.2 Å². The molecule has 3 rings (SSSR count). The van der Waals surface area contributed by atoms with Gasteiger partial charge in [0.1, 0.15) is 11.4 Å². The van der Waals surface area contributed by atoms with Crippen LogP contribution in [0.3, 0.4) is 0 Å². The lowest BCUT2D eigenvalue weighted by molar-refractivity contribution is 0.0947. The number of fused-ring (bicyclic) bond motifs is 1. The van der Waals surface area contributed by atoms with E-state index in [9.17, 15) is 4.79 Å². The zero-order valence-electron chi connectivity index (χ0n) is 13.0.